The standard InChI is InChI=1S/C13H25NO4Si/c1-8-9-17-13(4,12(15)11(2)3)10-14(16)18-19(5,6)7/h8,10-11H,1,9H2,2-7H3/b14-10+. The first kappa shape index (κ1) is 17.9. The van der Waals surface area contributed by atoms with Gasteiger partial charge in [-0.3, -0.25) is 10.0 Å². The van der Waals surface area contributed by atoms with Crippen molar-refractivity contribution >= 4 is 20.3 Å². The fourth-order valence-corrected chi connectivity index (χ4v) is 2.07. The van der Waals surface area contributed by atoms with Crippen molar-refractivity contribution in [3.63, 3.8) is 0 Å². The Morgan fingerprint density at radius 2 is 2.00 bits per heavy atom. The molecular weight excluding hydrogens is 262 g/mol. The quantitative estimate of drug-likeness (QED) is 0.226. The molecule has 0 rings (SSSR count). The predicted molar refractivity (Wildman–Crippen MR) is 78.5 cm³/mol. The lowest BCUT2D eigenvalue weighted by molar-refractivity contribution is -0.702. The summed E-state index contributed by atoms with van der Waals surface area (Å²) < 4.78 is 10.7. The summed E-state index contributed by atoms with van der Waals surface area (Å²) in [7, 11) is -2.02. The molecule has 0 N–H and O–H groups in total. The number of hydrogen-bond donors (Lipinski definition) is 0. The second kappa shape index (κ2) is 6.86. The van der Waals surface area contributed by atoms with Crippen LogP contribution in [0.5, 0.6) is 0 Å². The van der Waals surface area contributed by atoms with Crippen molar-refractivity contribution in [1.29, 1.82) is 0 Å². The van der Waals surface area contributed by atoms with Gasteiger partial charge in [-0.2, -0.15) is 0 Å². The number of ketones is 1. The Morgan fingerprint density at radius 1 is 1.47 bits per heavy atom. The van der Waals surface area contributed by atoms with Crippen molar-refractivity contribution in [2.75, 3.05) is 6.61 Å². The fraction of sp³-hybridized carbons (Fsp3) is 0.692. The highest BCUT2D eigenvalue weighted by molar-refractivity contribution is 6.69. The zero-order chi connectivity index (χ0) is 15.3. The van der Waals surface area contributed by atoms with Gasteiger partial charge in [0.2, 0.25) is 11.8 Å². The molecular formula is C13H25NO4Si. The van der Waals surface area contributed by atoms with Crippen LogP contribution in [0.2, 0.25) is 19.6 Å². The van der Waals surface area contributed by atoms with Gasteiger partial charge in [0.25, 0.3) is 0 Å². The van der Waals surface area contributed by atoms with Crippen molar-refractivity contribution in [1.82, 2.24) is 0 Å². The molecule has 0 radical (unpaired) electrons. The Bertz CT molecular complexity index is 360. The Balaban J connectivity index is 5.19. The van der Waals surface area contributed by atoms with Gasteiger partial charge in [-0.05, 0) is 6.92 Å². The number of Topliss-reactive ketones (excluding diaryl/α,β-unsaturated/α-hetero) is 1. The van der Waals surface area contributed by atoms with Crippen LogP contribution in [0.1, 0.15) is 20.8 Å². The highest BCUT2D eigenvalue weighted by Crippen LogP contribution is 2.16. The fourth-order valence-electron chi connectivity index (χ4n) is 1.47. The number of rotatable bonds is 8. The normalized spacial score (nSPS) is 16.1. The monoisotopic (exact) mass is 287 g/mol. The summed E-state index contributed by atoms with van der Waals surface area (Å²) in [6.07, 6.45) is 2.69. The molecule has 0 saturated carbocycles. The summed E-state index contributed by atoms with van der Waals surface area (Å²) in [5.74, 6) is -0.416. The molecule has 19 heavy (non-hydrogen) atoms. The Hall–Kier alpha value is -1.14. The molecule has 0 aromatic rings. The van der Waals surface area contributed by atoms with Crippen LogP contribution >= 0.6 is 0 Å². The van der Waals surface area contributed by atoms with Gasteiger partial charge in [0.05, 0.1) is 6.61 Å². The third-order valence-corrected chi connectivity index (χ3v) is 2.96. The molecule has 0 fully saturated rings. The van der Waals surface area contributed by atoms with E-state index in [1.807, 2.05) is 19.6 Å². The minimum Gasteiger partial charge on any atom is -0.443 e. The maximum Gasteiger partial charge on any atom is 0.248 e. The third-order valence-electron chi connectivity index (χ3n) is 2.23. The molecule has 1 atom stereocenters. The molecule has 0 amide bonds. The van der Waals surface area contributed by atoms with Crippen molar-refractivity contribution in [2.45, 2.75) is 46.0 Å². The van der Waals surface area contributed by atoms with E-state index in [4.69, 9.17) is 9.26 Å². The van der Waals surface area contributed by atoms with E-state index >= 15 is 0 Å². The highest BCUT2D eigenvalue weighted by atomic mass is 28.4. The summed E-state index contributed by atoms with van der Waals surface area (Å²) in [5.41, 5.74) is -1.30. The molecule has 0 spiro atoms. The predicted octanol–water partition coefficient (Wildman–Crippen LogP) is 2.52. The van der Waals surface area contributed by atoms with Crippen molar-refractivity contribution in [3.8, 4) is 0 Å². The van der Waals surface area contributed by atoms with Crippen LogP contribution in [0.25, 0.3) is 0 Å². The molecule has 0 aliphatic heterocycles. The van der Waals surface area contributed by atoms with Crippen molar-refractivity contribution in [3.05, 3.63) is 17.9 Å². The van der Waals surface area contributed by atoms with E-state index in [-0.39, 0.29) is 18.3 Å². The van der Waals surface area contributed by atoms with E-state index in [2.05, 4.69) is 6.58 Å². The van der Waals surface area contributed by atoms with Crippen molar-refractivity contribution < 1.29 is 19.0 Å². The number of carbonyl (C=O) groups is 1. The summed E-state index contributed by atoms with van der Waals surface area (Å²) in [6.45, 7) is 14.5. The van der Waals surface area contributed by atoms with Gasteiger partial charge in [0.1, 0.15) is 0 Å². The molecule has 5 nitrogen and oxygen atoms in total. The third kappa shape index (κ3) is 6.54. The number of hydrogen-bond acceptors (Lipinski definition) is 4. The molecule has 110 valence electrons. The lowest BCUT2D eigenvalue weighted by Gasteiger charge is -2.25. The van der Waals surface area contributed by atoms with Crippen LogP contribution in [-0.2, 0) is 14.1 Å². The van der Waals surface area contributed by atoms with E-state index in [0.717, 1.165) is 6.21 Å². The smallest absolute Gasteiger partial charge is 0.248 e. The Morgan fingerprint density at radius 3 is 2.37 bits per heavy atom. The zero-order valence-electron chi connectivity index (χ0n) is 12.7. The van der Waals surface area contributed by atoms with E-state index in [1.165, 1.54) is 6.08 Å². The summed E-state index contributed by atoms with van der Waals surface area (Å²) in [4.78, 5) is 12.5. The average Bonchev–Trinajstić information content (AvgIpc) is 2.22. The Kier molecular flexibility index (Phi) is 6.45. The summed E-state index contributed by atoms with van der Waals surface area (Å²) >= 11 is 0. The molecule has 0 bridgehead atoms. The SMILES string of the molecule is C=CCOC(C)(/C=[N+](\[O-])O[Si](C)(C)C)C(=O)C(C)C. The first-order valence-corrected chi connectivity index (χ1v) is 9.73. The van der Waals surface area contributed by atoms with Gasteiger partial charge >= 0.3 is 0 Å². The molecule has 0 aliphatic carbocycles. The van der Waals surface area contributed by atoms with E-state index < -0.39 is 13.9 Å². The minimum absolute atomic E-state index is 0.172. The molecule has 0 heterocycles. The van der Waals surface area contributed by atoms with Gasteiger partial charge in [0, 0.05) is 10.8 Å². The second-order valence-electron chi connectivity index (χ2n) is 5.84. The maximum absolute atomic E-state index is 12.2. The van der Waals surface area contributed by atoms with Gasteiger partial charge in [-0.25, -0.2) is 0 Å². The lowest BCUT2D eigenvalue weighted by atomic mass is 9.93. The molecule has 6 heteroatoms. The van der Waals surface area contributed by atoms with Crippen molar-refractivity contribution in [2.24, 2.45) is 5.92 Å². The lowest BCUT2D eigenvalue weighted by Crippen LogP contribution is -2.46. The maximum atomic E-state index is 12.2. The highest BCUT2D eigenvalue weighted by Gasteiger charge is 2.38. The van der Waals surface area contributed by atoms with E-state index in [1.54, 1.807) is 20.8 Å². The molecule has 0 saturated heterocycles. The molecule has 1 unspecified atom stereocenters. The largest absolute Gasteiger partial charge is 0.443 e. The van der Waals surface area contributed by atoms with Crippen LogP contribution in [0.3, 0.4) is 0 Å². The zero-order valence-corrected chi connectivity index (χ0v) is 13.7. The van der Waals surface area contributed by atoms with Crippen LogP contribution in [-0.4, -0.2) is 37.4 Å². The first-order chi connectivity index (χ1) is 8.52. The van der Waals surface area contributed by atoms with Crippen LogP contribution in [0, 0.1) is 11.1 Å². The van der Waals surface area contributed by atoms with E-state index in [9.17, 15) is 10.0 Å². The Labute approximate surface area is 116 Å². The van der Waals surface area contributed by atoms with Crippen LogP contribution < -0.4 is 0 Å². The summed E-state index contributed by atoms with van der Waals surface area (Å²) in [5, 5.41) is 11.8. The topological polar surface area (TPSA) is 61.6 Å². The molecule has 0 aliphatic rings. The number of nitrogens with zero attached hydrogens (tertiary/aromatic N) is 1. The van der Waals surface area contributed by atoms with Gasteiger partial charge < -0.3 is 9.26 Å². The van der Waals surface area contributed by atoms with Gasteiger partial charge in [-0.1, -0.05) is 39.6 Å². The minimum atomic E-state index is -2.02. The number of carbonyl (C=O) groups excluding carboxylic acids is 1. The molecule has 0 aromatic carbocycles. The average molecular weight is 287 g/mol. The van der Waals surface area contributed by atoms with Crippen LogP contribution in [0.4, 0.5) is 0 Å². The van der Waals surface area contributed by atoms with Crippen LogP contribution in [0.15, 0.2) is 12.7 Å². The summed E-state index contributed by atoms with van der Waals surface area (Å²) in [6, 6.07) is 0. The van der Waals surface area contributed by atoms with Gasteiger partial charge in [-0.15, -0.1) is 6.58 Å². The number of ether oxygens (including phenoxy) is 1. The second-order valence-corrected chi connectivity index (χ2v) is 10.3. The van der Waals surface area contributed by atoms with Gasteiger partial charge in [0.15, 0.2) is 14.1 Å². The van der Waals surface area contributed by atoms with E-state index in [0.29, 0.717) is 4.90 Å². The molecule has 0 aromatic heterocycles. The first-order valence-electron chi connectivity index (χ1n) is 6.32.